The van der Waals surface area contributed by atoms with Crippen molar-refractivity contribution in [1.29, 1.82) is 0 Å². The maximum Gasteiger partial charge on any atom is 0.251 e. The molecule has 15 heavy (non-hydrogen) atoms. The highest BCUT2D eigenvalue weighted by atomic mass is 35.5. The Bertz CT molecular complexity index is 462. The molecule has 0 aliphatic heterocycles. The van der Waals surface area contributed by atoms with E-state index in [4.69, 9.17) is 11.5 Å². The molecule has 2 heteroatoms. The molecule has 0 unspecified atom stereocenters. The zero-order valence-corrected chi connectivity index (χ0v) is 8.91. The second-order valence-electron chi connectivity index (χ2n) is 3.78. The van der Waals surface area contributed by atoms with E-state index in [0.717, 1.165) is 0 Å². The van der Waals surface area contributed by atoms with E-state index in [0.29, 0.717) is 0 Å². The van der Waals surface area contributed by atoms with Gasteiger partial charge in [-0.3, -0.25) is 0 Å². The predicted molar refractivity (Wildman–Crippen MR) is 65.3 cm³/mol. The van der Waals surface area contributed by atoms with E-state index in [1.54, 1.807) is 6.69 Å². The Hall–Kier alpha value is -1.21. The van der Waals surface area contributed by atoms with Crippen molar-refractivity contribution < 1.29 is 0 Å². The lowest BCUT2D eigenvalue weighted by Crippen LogP contribution is -2.00. The van der Waals surface area contributed by atoms with Crippen LogP contribution >= 0.6 is 11.5 Å². The molecule has 0 nitrogen and oxygen atoms in total. The summed E-state index contributed by atoms with van der Waals surface area (Å²) in [6.07, 6.45) is 0. The van der Waals surface area contributed by atoms with Crippen LogP contribution in [-0.4, -0.2) is 6.69 Å². The Morgan fingerprint density at radius 3 is 1.73 bits per heavy atom. The molecule has 71 valence electrons. The van der Waals surface area contributed by atoms with Gasteiger partial charge in [0.25, 0.3) is 6.69 Å². The number of fused-ring (bicyclic) bond motifs is 3. The van der Waals surface area contributed by atoms with Gasteiger partial charge in [0.1, 0.15) is 0 Å². The molecule has 1 radical (unpaired) electrons. The molecule has 0 heterocycles. The third-order valence-electron chi connectivity index (χ3n) is 3.01. The summed E-state index contributed by atoms with van der Waals surface area (Å²) < 4.78 is 0. The highest BCUT2D eigenvalue weighted by Crippen LogP contribution is 2.43. The normalized spacial score (nSPS) is 13.4. The quantitative estimate of drug-likeness (QED) is 0.632. The third kappa shape index (κ3) is 1.23. The maximum atomic E-state index is 5.94. The zero-order valence-electron chi connectivity index (χ0n) is 8.15. The van der Waals surface area contributed by atoms with Crippen LogP contribution in [0, 0.1) is 0 Å². The van der Waals surface area contributed by atoms with Crippen LogP contribution in [0.1, 0.15) is 16.9 Å². The Morgan fingerprint density at radius 2 is 1.27 bits per heavy atom. The summed E-state index contributed by atoms with van der Waals surface area (Å²) in [6, 6.07) is 16.9. The van der Waals surface area contributed by atoms with Crippen LogP contribution in [0.5, 0.6) is 0 Å². The fourth-order valence-corrected chi connectivity index (χ4v) is 2.60. The fourth-order valence-electron chi connectivity index (χ4n) is 2.33. The number of hydrogen-bond acceptors (Lipinski definition) is 0. The van der Waals surface area contributed by atoms with Crippen molar-refractivity contribution in [2.45, 2.75) is 5.82 Å². The summed E-state index contributed by atoms with van der Waals surface area (Å²) in [6.45, 7) is 1.75. The minimum absolute atomic E-state index is 0.249. The summed E-state index contributed by atoms with van der Waals surface area (Å²) in [5.74, 6) is 0.249. The van der Waals surface area contributed by atoms with Crippen LogP contribution in [-0.2, 0) is 0 Å². The molecule has 0 spiro atoms. The Morgan fingerprint density at radius 1 is 0.800 bits per heavy atom. The topological polar surface area (TPSA) is 0 Å². The summed E-state index contributed by atoms with van der Waals surface area (Å²) >= 11 is 5.94. The third-order valence-corrected chi connectivity index (χ3v) is 3.26. The minimum atomic E-state index is 0.249. The number of benzene rings is 2. The summed E-state index contributed by atoms with van der Waals surface area (Å²) in [7, 11) is 0. The standard InChI is InChI=1S/C13H9BCl/c15-14-13-11-7-3-1-5-9(11)10-6-2-4-8-12(10)13/h1-8,13H. The molecule has 1 aliphatic carbocycles. The molecule has 3 rings (SSSR count). The smallest absolute Gasteiger partial charge is 0.203 e. The molecule has 2 aromatic rings. The van der Waals surface area contributed by atoms with E-state index in [2.05, 4.69) is 48.5 Å². The average Bonchev–Trinajstić information content (AvgIpc) is 2.63. The molecule has 1 aliphatic rings. The van der Waals surface area contributed by atoms with E-state index in [1.807, 2.05) is 0 Å². The molecular formula is C13H9BCl. The molecule has 0 saturated heterocycles. The van der Waals surface area contributed by atoms with Crippen LogP contribution in [0.4, 0.5) is 0 Å². The molecular weight excluding hydrogens is 202 g/mol. The van der Waals surface area contributed by atoms with Crippen molar-refractivity contribution >= 4 is 18.2 Å². The molecule has 0 bridgehead atoms. The van der Waals surface area contributed by atoms with E-state index < -0.39 is 0 Å². The second-order valence-corrected chi connectivity index (χ2v) is 4.03. The fraction of sp³-hybridized carbons (Fsp3) is 0.0769. The first-order chi connectivity index (χ1) is 7.42. The lowest BCUT2D eigenvalue weighted by atomic mass is 9.78. The van der Waals surface area contributed by atoms with Gasteiger partial charge in [0.2, 0.25) is 0 Å². The van der Waals surface area contributed by atoms with Gasteiger partial charge in [-0.05, 0) is 22.3 Å². The number of halogens is 1. The number of hydrogen-bond donors (Lipinski definition) is 0. The van der Waals surface area contributed by atoms with Crippen LogP contribution in [0.2, 0.25) is 0 Å². The van der Waals surface area contributed by atoms with Crippen LogP contribution in [0.25, 0.3) is 11.1 Å². The van der Waals surface area contributed by atoms with Gasteiger partial charge in [-0.15, -0.1) is 0 Å². The van der Waals surface area contributed by atoms with Crippen LogP contribution in [0.3, 0.4) is 0 Å². The van der Waals surface area contributed by atoms with Gasteiger partial charge in [0.15, 0.2) is 0 Å². The summed E-state index contributed by atoms with van der Waals surface area (Å²) in [5.41, 5.74) is 5.26. The van der Waals surface area contributed by atoms with Crippen molar-refractivity contribution in [3.63, 3.8) is 0 Å². The van der Waals surface area contributed by atoms with Crippen molar-refractivity contribution in [1.82, 2.24) is 0 Å². The lowest BCUT2D eigenvalue weighted by Gasteiger charge is -2.07. The van der Waals surface area contributed by atoms with Crippen molar-refractivity contribution in [2.24, 2.45) is 0 Å². The zero-order chi connectivity index (χ0) is 10.3. The van der Waals surface area contributed by atoms with Gasteiger partial charge >= 0.3 is 0 Å². The molecule has 2 aromatic carbocycles. The van der Waals surface area contributed by atoms with Gasteiger partial charge in [-0.1, -0.05) is 48.5 Å². The van der Waals surface area contributed by atoms with Crippen molar-refractivity contribution in [3.05, 3.63) is 59.7 Å². The molecule has 0 amide bonds. The lowest BCUT2D eigenvalue weighted by molar-refractivity contribution is 1.20. The first-order valence-electron chi connectivity index (χ1n) is 5.03. The number of rotatable bonds is 1. The van der Waals surface area contributed by atoms with Gasteiger partial charge in [-0.2, -0.15) is 0 Å². The Labute approximate surface area is 95.1 Å². The van der Waals surface area contributed by atoms with Crippen molar-refractivity contribution in [3.8, 4) is 11.1 Å². The van der Waals surface area contributed by atoms with Crippen molar-refractivity contribution in [2.75, 3.05) is 0 Å². The Balaban J connectivity index is 2.31. The Kier molecular flexibility index (Phi) is 2.07. The summed E-state index contributed by atoms with van der Waals surface area (Å²) in [5, 5.41) is 0. The summed E-state index contributed by atoms with van der Waals surface area (Å²) in [4.78, 5) is 0. The highest BCUT2D eigenvalue weighted by molar-refractivity contribution is 6.94. The average molecular weight is 211 g/mol. The maximum absolute atomic E-state index is 5.94. The molecule has 0 fully saturated rings. The monoisotopic (exact) mass is 211 g/mol. The second kappa shape index (κ2) is 3.43. The largest absolute Gasteiger partial charge is 0.251 e. The van der Waals surface area contributed by atoms with Crippen LogP contribution < -0.4 is 0 Å². The molecule has 0 saturated carbocycles. The van der Waals surface area contributed by atoms with E-state index >= 15 is 0 Å². The van der Waals surface area contributed by atoms with Crippen LogP contribution in [0.15, 0.2) is 48.5 Å². The van der Waals surface area contributed by atoms with Gasteiger partial charge in [0.05, 0.1) is 0 Å². The predicted octanol–water partition coefficient (Wildman–Crippen LogP) is 3.61. The van der Waals surface area contributed by atoms with Gasteiger partial charge < -0.3 is 0 Å². The van der Waals surface area contributed by atoms with E-state index in [9.17, 15) is 0 Å². The van der Waals surface area contributed by atoms with Gasteiger partial charge in [0, 0.05) is 5.82 Å². The molecule has 0 N–H and O–H groups in total. The van der Waals surface area contributed by atoms with Gasteiger partial charge in [-0.25, -0.2) is 11.5 Å². The van der Waals surface area contributed by atoms with E-state index in [-0.39, 0.29) is 5.82 Å². The minimum Gasteiger partial charge on any atom is -0.203 e. The molecule has 0 atom stereocenters. The highest BCUT2D eigenvalue weighted by Gasteiger charge is 2.27. The molecule has 0 aromatic heterocycles. The SMILES string of the molecule is Cl[B]C1c2ccccc2-c2ccccc21. The van der Waals surface area contributed by atoms with E-state index in [1.165, 1.54) is 22.3 Å². The first kappa shape index (κ1) is 9.05. The first-order valence-corrected chi connectivity index (χ1v) is 5.47.